The molecule has 1 amide bonds. The molecule has 1 aliphatic carbocycles. The van der Waals surface area contributed by atoms with E-state index >= 15 is 0 Å². The maximum atomic E-state index is 13.6. The molecule has 1 saturated heterocycles. The van der Waals surface area contributed by atoms with E-state index in [0.717, 1.165) is 22.9 Å². The Bertz CT molecular complexity index is 1130. The van der Waals surface area contributed by atoms with Crippen molar-refractivity contribution < 1.29 is 23.9 Å². The van der Waals surface area contributed by atoms with Crippen molar-refractivity contribution in [2.75, 3.05) is 20.8 Å². The van der Waals surface area contributed by atoms with Gasteiger partial charge < -0.3 is 14.4 Å². The molecule has 7 heteroatoms. The Labute approximate surface area is 174 Å². The van der Waals surface area contributed by atoms with Gasteiger partial charge in [-0.05, 0) is 36.5 Å². The van der Waals surface area contributed by atoms with Crippen molar-refractivity contribution in [1.82, 2.24) is 9.47 Å². The van der Waals surface area contributed by atoms with Gasteiger partial charge in [-0.3, -0.25) is 9.59 Å². The van der Waals surface area contributed by atoms with Crippen molar-refractivity contribution in [2.45, 2.75) is 37.6 Å². The van der Waals surface area contributed by atoms with Crippen LogP contribution in [0.4, 0.5) is 4.79 Å². The van der Waals surface area contributed by atoms with Gasteiger partial charge in [-0.1, -0.05) is 31.2 Å². The molecule has 7 nitrogen and oxygen atoms in total. The standard InChI is InChI=1S/C23H24N2O5/c1-4-13-11-14-12-23(21(27)29-2)18(13)24(20(14)26)10-9-16-15-7-5-6-8-17(15)25(19(16)23)22(28)30-3/h5-8,11,14,18H,4,9-10,12H2,1-3H3/t14-,18+,23+/m0/s1. The third-order valence-electron chi connectivity index (χ3n) is 7.01. The van der Waals surface area contributed by atoms with Gasteiger partial charge in [0, 0.05) is 11.9 Å². The fourth-order valence-corrected chi connectivity index (χ4v) is 5.94. The summed E-state index contributed by atoms with van der Waals surface area (Å²) in [6.45, 7) is 2.53. The van der Waals surface area contributed by atoms with Gasteiger partial charge in [-0.2, -0.15) is 0 Å². The minimum Gasteiger partial charge on any atom is -0.468 e. The number of nitrogens with zero attached hydrogens (tertiary/aromatic N) is 2. The van der Waals surface area contributed by atoms with E-state index in [0.29, 0.717) is 30.6 Å². The molecule has 4 bridgehead atoms. The summed E-state index contributed by atoms with van der Waals surface area (Å²) >= 11 is 0. The molecule has 3 aliphatic heterocycles. The molecule has 4 heterocycles. The van der Waals surface area contributed by atoms with Crippen molar-refractivity contribution in [3.63, 3.8) is 0 Å². The summed E-state index contributed by atoms with van der Waals surface area (Å²) < 4.78 is 12.0. The van der Waals surface area contributed by atoms with Crippen LogP contribution >= 0.6 is 0 Å². The second-order valence-corrected chi connectivity index (χ2v) is 8.20. The lowest BCUT2D eigenvalue weighted by molar-refractivity contribution is -0.160. The summed E-state index contributed by atoms with van der Waals surface area (Å²) in [7, 11) is 2.71. The summed E-state index contributed by atoms with van der Waals surface area (Å²) in [6.07, 6.45) is 3.05. The third-order valence-corrected chi connectivity index (χ3v) is 7.01. The van der Waals surface area contributed by atoms with Gasteiger partial charge in [0.25, 0.3) is 0 Å². The lowest BCUT2D eigenvalue weighted by Crippen LogP contribution is -2.66. The van der Waals surface area contributed by atoms with Gasteiger partial charge >= 0.3 is 12.1 Å². The summed E-state index contributed by atoms with van der Waals surface area (Å²) in [6, 6.07) is 7.15. The fraction of sp³-hybridized carbons (Fsp3) is 0.435. The molecule has 0 unspecified atom stereocenters. The number of esters is 1. The van der Waals surface area contributed by atoms with Gasteiger partial charge in [0.05, 0.1) is 37.4 Å². The number of hydrogen-bond donors (Lipinski definition) is 0. The number of ether oxygens (including phenoxy) is 2. The zero-order valence-corrected chi connectivity index (χ0v) is 17.3. The number of aromatic nitrogens is 1. The molecule has 0 N–H and O–H groups in total. The summed E-state index contributed by atoms with van der Waals surface area (Å²) in [5, 5.41) is 0.903. The number of para-hydroxylation sites is 1. The number of hydrogen-bond acceptors (Lipinski definition) is 5. The van der Waals surface area contributed by atoms with E-state index in [9.17, 15) is 14.4 Å². The summed E-state index contributed by atoms with van der Waals surface area (Å²) in [5.74, 6) is -0.764. The number of fused-ring (bicyclic) bond motifs is 3. The number of rotatable bonds is 2. The summed E-state index contributed by atoms with van der Waals surface area (Å²) in [4.78, 5) is 41.5. The lowest BCUT2D eigenvalue weighted by Gasteiger charge is -2.53. The van der Waals surface area contributed by atoms with E-state index < -0.39 is 29.4 Å². The van der Waals surface area contributed by atoms with Gasteiger partial charge in [0.15, 0.2) is 0 Å². The molecule has 6 rings (SSSR count). The van der Waals surface area contributed by atoms with E-state index in [1.165, 1.54) is 18.8 Å². The van der Waals surface area contributed by atoms with Crippen molar-refractivity contribution in [3.8, 4) is 0 Å². The highest BCUT2D eigenvalue weighted by Gasteiger charge is 2.64. The van der Waals surface area contributed by atoms with Crippen molar-refractivity contribution >= 4 is 28.9 Å². The van der Waals surface area contributed by atoms with Gasteiger partial charge in [0.2, 0.25) is 5.91 Å². The predicted molar refractivity (Wildman–Crippen MR) is 109 cm³/mol. The second-order valence-electron chi connectivity index (χ2n) is 8.20. The number of amides is 1. The molecule has 4 aliphatic rings. The van der Waals surface area contributed by atoms with Crippen LogP contribution in [-0.2, 0) is 30.9 Å². The average Bonchev–Trinajstić information content (AvgIpc) is 3.05. The lowest BCUT2D eigenvalue weighted by atomic mass is 9.60. The Balaban J connectivity index is 1.93. The topological polar surface area (TPSA) is 77.8 Å². The highest BCUT2D eigenvalue weighted by atomic mass is 16.5. The first-order valence-electron chi connectivity index (χ1n) is 10.3. The predicted octanol–water partition coefficient (Wildman–Crippen LogP) is 2.79. The van der Waals surface area contributed by atoms with Gasteiger partial charge in [-0.25, -0.2) is 9.36 Å². The molecular weight excluding hydrogens is 384 g/mol. The normalized spacial score (nSPS) is 26.8. The maximum absolute atomic E-state index is 13.6. The van der Waals surface area contributed by atoms with Crippen molar-refractivity contribution in [1.29, 1.82) is 0 Å². The maximum Gasteiger partial charge on any atom is 0.418 e. The van der Waals surface area contributed by atoms with Crippen molar-refractivity contribution in [2.24, 2.45) is 5.92 Å². The largest absolute Gasteiger partial charge is 0.468 e. The van der Waals surface area contributed by atoms with Crippen LogP contribution in [0.2, 0.25) is 0 Å². The summed E-state index contributed by atoms with van der Waals surface area (Å²) in [5.41, 5.74) is 2.14. The van der Waals surface area contributed by atoms with Gasteiger partial charge in [-0.15, -0.1) is 0 Å². The minimum atomic E-state index is -1.15. The Morgan fingerprint density at radius 2 is 1.97 bits per heavy atom. The van der Waals surface area contributed by atoms with Crippen molar-refractivity contribution in [3.05, 3.63) is 47.2 Å². The molecule has 156 valence electrons. The third kappa shape index (κ3) is 2.12. The van der Waals surface area contributed by atoms with Crippen LogP contribution in [0.3, 0.4) is 0 Å². The quantitative estimate of drug-likeness (QED) is 0.564. The van der Waals surface area contributed by atoms with E-state index in [1.54, 1.807) is 0 Å². The van der Waals surface area contributed by atoms with Crippen LogP contribution in [0, 0.1) is 5.92 Å². The number of carbonyl (C=O) groups is 3. The molecule has 1 aromatic heterocycles. The molecule has 0 saturated carbocycles. The van der Waals surface area contributed by atoms with Crippen LogP contribution < -0.4 is 0 Å². The zero-order valence-electron chi connectivity index (χ0n) is 17.3. The van der Waals surface area contributed by atoms with E-state index in [-0.39, 0.29) is 5.91 Å². The Kier molecular flexibility index (Phi) is 4.07. The van der Waals surface area contributed by atoms with E-state index in [2.05, 4.69) is 0 Å². The monoisotopic (exact) mass is 408 g/mol. The minimum absolute atomic E-state index is 0.0517. The first kappa shape index (κ1) is 18.9. The fourth-order valence-electron chi connectivity index (χ4n) is 5.94. The smallest absolute Gasteiger partial charge is 0.418 e. The Morgan fingerprint density at radius 3 is 2.67 bits per heavy atom. The Hall–Kier alpha value is -3.09. The van der Waals surface area contributed by atoms with Crippen LogP contribution in [0.15, 0.2) is 35.9 Å². The molecular formula is C23H24N2O5. The molecule has 30 heavy (non-hydrogen) atoms. The average molecular weight is 408 g/mol. The van der Waals surface area contributed by atoms with Crippen LogP contribution in [0.5, 0.6) is 0 Å². The molecule has 3 atom stereocenters. The molecule has 2 aromatic rings. The highest BCUT2D eigenvalue weighted by molar-refractivity contribution is 6.00. The second kappa shape index (κ2) is 6.45. The SMILES string of the molecule is CCC1=C[C@H]2C[C@]3(C(=O)OC)c4c(c5ccccc5n4C(=O)OC)CCN(C2=O)[C@H]13. The van der Waals surface area contributed by atoms with Crippen LogP contribution in [-0.4, -0.2) is 54.2 Å². The first-order valence-corrected chi connectivity index (χ1v) is 10.3. The van der Waals surface area contributed by atoms with Crippen LogP contribution in [0.1, 0.15) is 31.0 Å². The number of benzene rings is 1. The number of carbonyl (C=O) groups excluding carboxylic acids is 3. The molecule has 1 aromatic carbocycles. The molecule has 1 fully saturated rings. The first-order chi connectivity index (χ1) is 14.5. The van der Waals surface area contributed by atoms with Gasteiger partial charge in [0.1, 0.15) is 5.41 Å². The molecule has 0 spiro atoms. The number of piperidine rings is 1. The highest BCUT2D eigenvalue weighted by Crippen LogP contribution is 2.54. The van der Waals surface area contributed by atoms with Crippen LogP contribution in [0.25, 0.3) is 10.9 Å². The zero-order chi connectivity index (χ0) is 21.2. The van der Waals surface area contributed by atoms with E-state index in [4.69, 9.17) is 9.47 Å². The van der Waals surface area contributed by atoms with E-state index in [1.807, 2.05) is 42.2 Å². The Morgan fingerprint density at radius 1 is 1.20 bits per heavy atom. The number of methoxy groups -OCH3 is 2. The molecule has 0 radical (unpaired) electrons.